The number of nitrogens with one attached hydrogen (secondary N) is 1. The van der Waals surface area contributed by atoms with Crippen molar-refractivity contribution in [2.45, 2.75) is 49.8 Å². The average Bonchev–Trinajstić information content (AvgIpc) is 3.43. The first-order valence-corrected chi connectivity index (χ1v) is 12.5. The van der Waals surface area contributed by atoms with Crippen molar-refractivity contribution >= 4 is 22.8 Å². The second-order valence-corrected chi connectivity index (χ2v) is 10.2. The smallest absolute Gasteiger partial charge is 0.252 e. The van der Waals surface area contributed by atoms with E-state index in [-0.39, 0.29) is 17.2 Å². The largest absolute Gasteiger partial charge is 0.480 e. The first-order chi connectivity index (χ1) is 16.1. The van der Waals surface area contributed by atoms with Crippen LogP contribution in [0.15, 0.2) is 44.9 Å². The number of piperidine rings is 1. The summed E-state index contributed by atoms with van der Waals surface area (Å²) in [6.07, 6.45) is 3.94. The number of hydrogen-bond acceptors (Lipinski definition) is 7. The van der Waals surface area contributed by atoms with Gasteiger partial charge in [0, 0.05) is 43.2 Å². The van der Waals surface area contributed by atoms with Crippen LogP contribution in [0.3, 0.4) is 0 Å². The number of ether oxygens (including phenoxy) is 1. The molecule has 172 valence electrons. The highest BCUT2D eigenvalue weighted by molar-refractivity contribution is 7.99. The molecule has 6 heterocycles. The second kappa shape index (κ2) is 8.30. The molecule has 0 spiro atoms. The Morgan fingerprint density at radius 1 is 1.18 bits per heavy atom. The van der Waals surface area contributed by atoms with E-state index in [1.165, 1.54) is 4.90 Å². The molecule has 0 aromatic carbocycles. The van der Waals surface area contributed by atoms with E-state index in [0.717, 1.165) is 67.1 Å². The summed E-state index contributed by atoms with van der Waals surface area (Å²) in [6, 6.07) is 7.73. The molecule has 33 heavy (non-hydrogen) atoms. The normalized spacial score (nSPS) is 20.3. The Labute approximate surface area is 195 Å². The molecule has 1 saturated heterocycles. The van der Waals surface area contributed by atoms with Gasteiger partial charge in [-0.3, -0.25) is 23.7 Å². The molecule has 3 aliphatic rings. The highest BCUT2D eigenvalue weighted by Crippen LogP contribution is 2.35. The number of nitrogens with zero attached hydrogens (tertiary/aromatic N) is 4. The zero-order valence-electron chi connectivity index (χ0n) is 18.6. The van der Waals surface area contributed by atoms with Gasteiger partial charge < -0.3 is 15.0 Å². The molecule has 1 N–H and O–H groups in total. The fourth-order valence-electron chi connectivity index (χ4n) is 5.34. The lowest BCUT2D eigenvalue weighted by atomic mass is 10.0. The van der Waals surface area contributed by atoms with Gasteiger partial charge in [-0.2, -0.15) is 0 Å². The van der Waals surface area contributed by atoms with E-state index in [0.29, 0.717) is 18.5 Å². The minimum Gasteiger partial charge on any atom is -0.480 e. The second-order valence-electron chi connectivity index (χ2n) is 9.19. The molecule has 0 bridgehead atoms. The highest BCUT2D eigenvalue weighted by Gasteiger charge is 2.29. The summed E-state index contributed by atoms with van der Waals surface area (Å²) in [5.74, 6) is 1.56. The minimum atomic E-state index is -0.0225. The fraction of sp³-hybridized carbons (Fsp3) is 0.458. The zero-order valence-corrected chi connectivity index (χ0v) is 19.4. The van der Waals surface area contributed by atoms with Crippen LogP contribution in [0.5, 0.6) is 5.75 Å². The summed E-state index contributed by atoms with van der Waals surface area (Å²) in [6.45, 7) is 6.01. The van der Waals surface area contributed by atoms with Gasteiger partial charge in [0.25, 0.3) is 11.1 Å². The van der Waals surface area contributed by atoms with Crippen molar-refractivity contribution < 1.29 is 4.74 Å². The Hall–Kier alpha value is -2.62. The molecule has 1 unspecified atom stereocenters. The van der Waals surface area contributed by atoms with Crippen molar-refractivity contribution in [3.8, 4) is 5.75 Å². The maximum absolute atomic E-state index is 12.7. The van der Waals surface area contributed by atoms with Crippen molar-refractivity contribution in [2.24, 2.45) is 0 Å². The van der Waals surface area contributed by atoms with Crippen molar-refractivity contribution in [3.63, 3.8) is 0 Å². The molecule has 3 aliphatic heterocycles. The number of fused-ring (bicyclic) bond motifs is 1. The highest BCUT2D eigenvalue weighted by atomic mass is 32.2. The van der Waals surface area contributed by atoms with Gasteiger partial charge in [-0.05, 0) is 50.6 Å². The van der Waals surface area contributed by atoms with Gasteiger partial charge in [-0.1, -0.05) is 11.8 Å². The summed E-state index contributed by atoms with van der Waals surface area (Å²) in [4.78, 5) is 33.4. The van der Waals surface area contributed by atoms with Crippen molar-refractivity contribution in [1.29, 1.82) is 0 Å². The first-order valence-electron chi connectivity index (χ1n) is 11.5. The molecular formula is C24H27N5O3S. The number of hydrogen-bond donors (Lipinski definition) is 1. The quantitative estimate of drug-likeness (QED) is 0.618. The number of rotatable bonds is 5. The molecule has 8 nitrogen and oxygen atoms in total. The third-order valence-electron chi connectivity index (χ3n) is 7.09. The molecule has 9 heteroatoms. The van der Waals surface area contributed by atoms with Crippen LogP contribution >= 0.6 is 11.8 Å². The van der Waals surface area contributed by atoms with Gasteiger partial charge in [0.05, 0.1) is 22.8 Å². The maximum Gasteiger partial charge on any atom is 0.252 e. The first kappa shape index (κ1) is 20.9. The van der Waals surface area contributed by atoms with Crippen molar-refractivity contribution in [2.75, 3.05) is 25.6 Å². The number of aryl methyl sites for hydroxylation is 1. The predicted molar refractivity (Wildman–Crippen MR) is 128 cm³/mol. The van der Waals surface area contributed by atoms with E-state index in [4.69, 9.17) is 4.74 Å². The predicted octanol–water partition coefficient (Wildman–Crippen LogP) is 2.12. The van der Waals surface area contributed by atoms with Crippen LogP contribution in [-0.2, 0) is 13.1 Å². The van der Waals surface area contributed by atoms with Crippen LogP contribution in [0.1, 0.15) is 30.1 Å². The van der Waals surface area contributed by atoms with E-state index in [1.807, 2.05) is 23.8 Å². The molecule has 6 rings (SSSR count). The van der Waals surface area contributed by atoms with Crippen LogP contribution in [0.2, 0.25) is 0 Å². The number of likely N-dealkylation sites (tertiary alicyclic amines) is 1. The lowest BCUT2D eigenvalue weighted by molar-refractivity contribution is 0.171. The monoisotopic (exact) mass is 465 g/mol. The Kier molecular flexibility index (Phi) is 5.27. The standard InChI is InChI=1S/C24H27N5O3S/c1-15-8-23(31)28-13-18(29-22(30)3-2-19(15)24(28)29)12-27-6-4-16(5-7-27)25-10-17-9-21-20(11-26-17)32-14-33-21/h2-3,8-9,11,16,18,25H,4-7,10,12-14H2,1H3. The molecule has 0 amide bonds. The number of thioether (sulfide) groups is 1. The van der Waals surface area contributed by atoms with Gasteiger partial charge in [-0.25, -0.2) is 0 Å². The summed E-state index contributed by atoms with van der Waals surface area (Å²) >= 11 is 1.71. The Morgan fingerprint density at radius 3 is 2.88 bits per heavy atom. The molecule has 0 radical (unpaired) electrons. The van der Waals surface area contributed by atoms with Gasteiger partial charge in [0.2, 0.25) is 0 Å². The number of pyridine rings is 3. The van der Waals surface area contributed by atoms with Crippen LogP contribution in [-0.4, -0.2) is 50.6 Å². The Balaban J connectivity index is 1.09. The van der Waals surface area contributed by atoms with Crippen molar-refractivity contribution in [3.05, 3.63) is 62.4 Å². The fourth-order valence-corrected chi connectivity index (χ4v) is 6.13. The van der Waals surface area contributed by atoms with Gasteiger partial charge in [-0.15, -0.1) is 0 Å². The molecule has 0 saturated carbocycles. The Morgan fingerprint density at radius 2 is 2.03 bits per heavy atom. The number of aromatic nitrogens is 3. The summed E-state index contributed by atoms with van der Waals surface area (Å²) < 4.78 is 9.12. The van der Waals surface area contributed by atoms with Gasteiger partial charge in [0.1, 0.15) is 11.6 Å². The van der Waals surface area contributed by atoms with E-state index in [1.54, 1.807) is 28.5 Å². The lowest BCUT2D eigenvalue weighted by Gasteiger charge is -2.34. The van der Waals surface area contributed by atoms with Crippen LogP contribution < -0.4 is 21.2 Å². The van der Waals surface area contributed by atoms with Gasteiger partial charge in [0.15, 0.2) is 5.75 Å². The molecule has 3 aromatic heterocycles. The third-order valence-corrected chi connectivity index (χ3v) is 7.96. The maximum atomic E-state index is 12.7. The topological polar surface area (TPSA) is 81.4 Å². The molecule has 0 aliphatic carbocycles. The average molecular weight is 466 g/mol. The van der Waals surface area contributed by atoms with E-state index in [9.17, 15) is 9.59 Å². The summed E-state index contributed by atoms with van der Waals surface area (Å²) in [7, 11) is 0. The zero-order chi connectivity index (χ0) is 22.5. The van der Waals surface area contributed by atoms with Crippen molar-refractivity contribution in [1.82, 2.24) is 24.3 Å². The van der Waals surface area contributed by atoms with Crippen LogP contribution in [0, 0.1) is 6.92 Å². The van der Waals surface area contributed by atoms with Crippen LogP contribution in [0.25, 0.3) is 11.0 Å². The Bertz CT molecular complexity index is 1340. The summed E-state index contributed by atoms with van der Waals surface area (Å²) in [5.41, 5.74) is 2.71. The molecule has 1 atom stereocenters. The molecule has 1 fully saturated rings. The molecule has 3 aromatic rings. The van der Waals surface area contributed by atoms with E-state index < -0.39 is 0 Å². The lowest BCUT2D eigenvalue weighted by Crippen LogP contribution is -2.44. The summed E-state index contributed by atoms with van der Waals surface area (Å²) in [5, 5.41) is 4.65. The van der Waals surface area contributed by atoms with E-state index in [2.05, 4.69) is 21.3 Å². The molecular weight excluding hydrogens is 438 g/mol. The SMILES string of the molecule is Cc1cc(=O)n2c3c1ccc(=O)n3C(CN1CCC(NCc3cc4c(cn3)OCS4)CC1)C2. The third kappa shape index (κ3) is 3.78. The minimum absolute atomic E-state index is 0.00413. The van der Waals surface area contributed by atoms with Crippen LogP contribution in [0.4, 0.5) is 0 Å². The van der Waals surface area contributed by atoms with E-state index >= 15 is 0 Å². The van der Waals surface area contributed by atoms with Gasteiger partial charge >= 0.3 is 0 Å².